The van der Waals surface area contributed by atoms with Gasteiger partial charge in [0.05, 0.1) is 5.89 Å². The second-order valence-corrected chi connectivity index (χ2v) is 11.7. The van der Waals surface area contributed by atoms with E-state index in [1.165, 1.54) is 51.4 Å². The number of alkyl halides is 1. The molecule has 1 atom stereocenters. The molecule has 0 saturated heterocycles. The summed E-state index contributed by atoms with van der Waals surface area (Å²) in [5.74, 6) is -11.3. The molecule has 0 bridgehead atoms. The summed E-state index contributed by atoms with van der Waals surface area (Å²) in [7, 11) is 0. The molecule has 0 amide bonds. The molecule has 0 aliphatic carbocycles. The molecular formula is C37H65ClO4. The van der Waals surface area contributed by atoms with Crippen LogP contribution in [0.1, 0.15) is 172 Å². The highest BCUT2D eigenvalue weighted by Gasteiger charge is 2.44. The van der Waals surface area contributed by atoms with Crippen molar-refractivity contribution in [3.63, 3.8) is 0 Å². The first-order chi connectivity index (χ1) is 22.6. The molecule has 0 aromatic carbocycles. The van der Waals surface area contributed by atoms with Crippen molar-refractivity contribution < 1.29 is 23.9 Å². The molecule has 0 rings (SSSR count). The van der Waals surface area contributed by atoms with Crippen LogP contribution in [-0.4, -0.2) is 36.3 Å². The highest BCUT2D eigenvalue weighted by atomic mass is 35.5. The maximum absolute atomic E-state index is 13.3. The first-order valence-electron chi connectivity index (χ1n) is 19.4. The Morgan fingerprint density at radius 1 is 0.690 bits per heavy atom. The normalized spacial score (nSPS) is 15.9. The van der Waals surface area contributed by atoms with Crippen LogP contribution < -0.4 is 0 Å². The highest BCUT2D eigenvalue weighted by Crippen LogP contribution is 2.24. The van der Waals surface area contributed by atoms with Gasteiger partial charge >= 0.3 is 0 Å². The van der Waals surface area contributed by atoms with E-state index < -0.39 is 29.1 Å². The van der Waals surface area contributed by atoms with Gasteiger partial charge in [0.1, 0.15) is 5.78 Å². The average molecular weight is 614 g/mol. The molecular weight excluding hydrogens is 544 g/mol. The van der Waals surface area contributed by atoms with Gasteiger partial charge in [0.2, 0.25) is 8.65 Å². The third-order valence-corrected chi connectivity index (χ3v) is 7.82. The van der Waals surface area contributed by atoms with Gasteiger partial charge in [0.25, 0.3) is 0 Å². The number of allylic oxidation sites excluding steroid dienone is 6. The maximum atomic E-state index is 13.3. The van der Waals surface area contributed by atoms with E-state index in [9.17, 15) is 9.59 Å². The van der Waals surface area contributed by atoms with E-state index >= 15 is 0 Å². The molecule has 0 aromatic heterocycles. The van der Waals surface area contributed by atoms with Gasteiger partial charge in [-0.3, -0.25) is 9.59 Å². The smallest absolute Gasteiger partial charge is 0.235 e. The second-order valence-electron chi connectivity index (χ2n) is 11.5. The lowest BCUT2D eigenvalue weighted by Gasteiger charge is -2.27. The molecule has 244 valence electrons. The lowest BCUT2D eigenvalue weighted by molar-refractivity contribution is -0.201. The van der Waals surface area contributed by atoms with Gasteiger partial charge in [-0.15, -0.1) is 11.6 Å². The number of rotatable bonds is 33. The topological polar surface area (TPSA) is 74.6 Å². The van der Waals surface area contributed by atoms with Crippen LogP contribution in [0.4, 0.5) is 0 Å². The zero-order valence-electron chi connectivity index (χ0n) is 31.9. The van der Waals surface area contributed by atoms with E-state index in [-0.39, 0.29) is 12.8 Å². The lowest BCUT2D eigenvalue weighted by Crippen LogP contribution is -2.50. The van der Waals surface area contributed by atoms with Gasteiger partial charge in [-0.1, -0.05) is 147 Å². The summed E-state index contributed by atoms with van der Waals surface area (Å²) >= 11 is 5.91. The Morgan fingerprint density at radius 3 is 1.64 bits per heavy atom. The van der Waals surface area contributed by atoms with Crippen LogP contribution in [0.3, 0.4) is 0 Å². The number of carbonyl (C=O) groups excluding carboxylic acids is 2. The minimum atomic E-state index is -3.12. The SMILES string of the molecule is [2H]OC(O[2H])(C(=O)CCCCCCCCCCCCCCC)C([2H])(C(=O)CCCCCCC/C=C\C/C=C\C/C=C\CC)C([2H])([2H])Cl. The zero-order valence-corrected chi connectivity index (χ0v) is 27.7. The Kier molecular flexibility index (Phi) is 22.8. The summed E-state index contributed by atoms with van der Waals surface area (Å²) in [6, 6.07) is 0. The molecule has 0 radical (unpaired) electrons. The van der Waals surface area contributed by atoms with Crippen LogP contribution in [0.15, 0.2) is 36.5 Å². The summed E-state index contributed by atoms with van der Waals surface area (Å²) in [5, 5.41) is 9.00. The van der Waals surface area contributed by atoms with Crippen molar-refractivity contribution >= 4 is 23.2 Å². The highest BCUT2D eigenvalue weighted by molar-refractivity contribution is 6.20. The predicted molar refractivity (Wildman–Crippen MR) is 181 cm³/mol. The zero-order chi connectivity index (χ0) is 35.3. The number of hydrogen-bond donors (Lipinski definition) is 2. The predicted octanol–water partition coefficient (Wildman–Crippen LogP) is 10.7. The Labute approximate surface area is 271 Å². The summed E-state index contributed by atoms with van der Waals surface area (Å²) < 4.78 is 40.1. The molecule has 2 N–H and O–H groups in total. The van der Waals surface area contributed by atoms with Crippen molar-refractivity contribution in [2.75, 3.05) is 5.83 Å². The Balaban J connectivity index is 4.65. The number of hydrogen-bond acceptors (Lipinski definition) is 4. The van der Waals surface area contributed by atoms with Gasteiger partial charge < -0.3 is 10.2 Å². The van der Waals surface area contributed by atoms with Crippen LogP contribution in [-0.2, 0) is 9.59 Å². The molecule has 0 aliphatic rings. The van der Waals surface area contributed by atoms with E-state index in [1.807, 2.05) is 0 Å². The van der Waals surface area contributed by atoms with Gasteiger partial charge in [-0.2, -0.15) is 0 Å². The molecule has 4 nitrogen and oxygen atoms in total. The summed E-state index contributed by atoms with van der Waals surface area (Å²) in [4.78, 5) is 26.5. The minimum absolute atomic E-state index is 0.211. The Hall–Kier alpha value is -1.23. The third-order valence-electron chi connectivity index (χ3n) is 7.63. The van der Waals surface area contributed by atoms with E-state index in [1.54, 1.807) is 0 Å². The monoisotopic (exact) mass is 613 g/mol. The molecule has 0 aromatic rings. The molecule has 42 heavy (non-hydrogen) atoms. The second kappa shape index (κ2) is 29.8. The van der Waals surface area contributed by atoms with Gasteiger partial charge in [-0.05, 0) is 44.9 Å². The number of halogens is 1. The largest absolute Gasteiger partial charge is 0.359 e. The number of aliphatic hydroxyl groups is 2. The van der Waals surface area contributed by atoms with Crippen molar-refractivity contribution in [3.05, 3.63) is 36.5 Å². The fourth-order valence-corrected chi connectivity index (χ4v) is 5.17. The average Bonchev–Trinajstić information content (AvgIpc) is 3.05. The van der Waals surface area contributed by atoms with Crippen LogP contribution >= 0.6 is 11.6 Å². The standard InChI is InChI=1S/C37H65ClO4/c1-3-5-7-9-11-13-15-17-18-20-21-23-25-27-29-31-35(39)34(33-38)37(41,42)36(40)32-30-28-26-24-22-19-16-14-12-10-8-6-4-2/h5,7,11,13,17-18,34,41-42H,3-4,6,8-10,12,14-16,19-33H2,1-2H3/b7-5-,13-11-,18-17-/i33D2,34D,41D,42D. The van der Waals surface area contributed by atoms with E-state index in [2.05, 4.69) is 60.5 Å². The molecule has 0 spiro atoms. The van der Waals surface area contributed by atoms with Crippen LogP contribution in [0.5, 0.6) is 0 Å². The maximum Gasteiger partial charge on any atom is 0.235 e. The number of Topliss-reactive ketones (excluding diaryl/α,β-unsaturated/α-hetero) is 2. The van der Waals surface area contributed by atoms with Crippen LogP contribution in [0.2, 0.25) is 0 Å². The molecule has 5 heteroatoms. The van der Waals surface area contributed by atoms with Crippen molar-refractivity contribution in [3.8, 4) is 0 Å². The molecule has 0 heterocycles. The molecule has 0 fully saturated rings. The minimum Gasteiger partial charge on any atom is -0.359 e. The lowest BCUT2D eigenvalue weighted by atomic mass is 9.87. The quantitative estimate of drug-likeness (QED) is 0.0334. The Morgan fingerprint density at radius 2 is 1.14 bits per heavy atom. The summed E-state index contributed by atoms with van der Waals surface area (Å²) in [6.07, 6.45) is 34.7. The van der Waals surface area contributed by atoms with Crippen molar-refractivity contribution in [1.29, 1.82) is 2.86 Å². The van der Waals surface area contributed by atoms with Crippen molar-refractivity contribution in [2.24, 2.45) is 5.89 Å². The van der Waals surface area contributed by atoms with E-state index in [0.29, 0.717) is 25.7 Å². The first-order valence-corrected chi connectivity index (χ1v) is 17.5. The van der Waals surface area contributed by atoms with Gasteiger partial charge in [0, 0.05) is 22.8 Å². The number of carbonyl (C=O) groups is 2. The fourth-order valence-electron chi connectivity index (χ4n) is 4.94. The summed E-state index contributed by atoms with van der Waals surface area (Å²) in [6.45, 7) is 4.34. The van der Waals surface area contributed by atoms with Crippen molar-refractivity contribution in [1.82, 2.24) is 0 Å². The summed E-state index contributed by atoms with van der Waals surface area (Å²) in [5.41, 5.74) is 0. The number of ketones is 2. The van der Waals surface area contributed by atoms with Gasteiger partial charge in [-0.25, -0.2) is 0 Å². The number of unbranched alkanes of at least 4 members (excludes halogenated alkanes) is 17. The molecule has 0 aliphatic heterocycles. The van der Waals surface area contributed by atoms with E-state index in [0.717, 1.165) is 64.2 Å². The Bertz CT molecular complexity index is 886. The fraction of sp³-hybridized carbons (Fsp3) is 0.784. The van der Waals surface area contributed by atoms with E-state index in [4.69, 9.17) is 18.6 Å². The first kappa shape index (κ1) is 32.2. The van der Waals surface area contributed by atoms with Gasteiger partial charge in [0.15, 0.2) is 5.78 Å². The van der Waals surface area contributed by atoms with Crippen LogP contribution in [0.25, 0.3) is 0 Å². The third kappa shape index (κ3) is 23.3. The van der Waals surface area contributed by atoms with Crippen LogP contribution in [0, 0.1) is 5.89 Å². The van der Waals surface area contributed by atoms with Crippen molar-refractivity contribution in [2.45, 2.75) is 174 Å². The molecule has 1 unspecified atom stereocenters. The molecule has 0 saturated carbocycles.